The Kier molecular flexibility index (Phi) is 1.91. The van der Waals surface area contributed by atoms with Gasteiger partial charge in [0.15, 0.2) is 17.3 Å². The number of pyridine rings is 1. The van der Waals surface area contributed by atoms with E-state index in [1.165, 1.54) is 6.33 Å². The van der Waals surface area contributed by atoms with Crippen LogP contribution in [-0.2, 0) is 0 Å². The van der Waals surface area contributed by atoms with Crippen LogP contribution in [-0.4, -0.2) is 24.9 Å². The number of fused-ring (bicyclic) bond motifs is 1. The lowest BCUT2D eigenvalue weighted by molar-refractivity contribution is 1.20. The van der Waals surface area contributed by atoms with E-state index in [4.69, 9.17) is 11.5 Å². The Balaban J connectivity index is 2.26. The SMILES string of the molecule is Nc1cccnc1-c1nc2ncnc(N)c2[nH]1. The fourth-order valence-electron chi connectivity index (χ4n) is 1.57. The molecule has 0 atom stereocenters. The molecular weight excluding hydrogens is 218 g/mol. The number of aromatic nitrogens is 5. The van der Waals surface area contributed by atoms with Crippen molar-refractivity contribution in [3.05, 3.63) is 24.7 Å². The number of hydrogen-bond acceptors (Lipinski definition) is 6. The van der Waals surface area contributed by atoms with Crippen molar-refractivity contribution in [2.24, 2.45) is 0 Å². The largest absolute Gasteiger partial charge is 0.397 e. The second-order valence-corrected chi connectivity index (χ2v) is 3.48. The van der Waals surface area contributed by atoms with Crippen LogP contribution in [0.2, 0.25) is 0 Å². The number of imidazole rings is 1. The molecule has 0 aliphatic rings. The van der Waals surface area contributed by atoms with Crippen LogP contribution in [0.3, 0.4) is 0 Å². The lowest BCUT2D eigenvalue weighted by Crippen LogP contribution is -1.93. The quantitative estimate of drug-likeness (QED) is 0.559. The number of H-pyrrole nitrogens is 1. The van der Waals surface area contributed by atoms with E-state index < -0.39 is 0 Å². The smallest absolute Gasteiger partial charge is 0.183 e. The maximum Gasteiger partial charge on any atom is 0.183 e. The molecule has 0 bridgehead atoms. The zero-order valence-electron chi connectivity index (χ0n) is 8.75. The van der Waals surface area contributed by atoms with Crippen molar-refractivity contribution in [3.8, 4) is 11.5 Å². The molecule has 0 saturated carbocycles. The highest BCUT2D eigenvalue weighted by Crippen LogP contribution is 2.23. The normalized spacial score (nSPS) is 10.8. The molecule has 3 heterocycles. The van der Waals surface area contributed by atoms with Crippen LogP contribution in [0, 0.1) is 0 Å². The Morgan fingerprint density at radius 2 is 2.00 bits per heavy atom. The molecular formula is C10H9N7. The minimum absolute atomic E-state index is 0.350. The van der Waals surface area contributed by atoms with Crippen molar-refractivity contribution in [2.45, 2.75) is 0 Å². The molecule has 3 aromatic heterocycles. The summed E-state index contributed by atoms with van der Waals surface area (Å²) in [5.41, 5.74) is 13.7. The molecule has 3 rings (SSSR count). The molecule has 5 N–H and O–H groups in total. The zero-order valence-corrected chi connectivity index (χ0v) is 8.75. The van der Waals surface area contributed by atoms with E-state index in [-0.39, 0.29) is 0 Å². The van der Waals surface area contributed by atoms with Gasteiger partial charge in [0.2, 0.25) is 0 Å². The van der Waals surface area contributed by atoms with Gasteiger partial charge in [0, 0.05) is 6.20 Å². The summed E-state index contributed by atoms with van der Waals surface area (Å²) in [6.45, 7) is 0. The monoisotopic (exact) mass is 227 g/mol. The fourth-order valence-corrected chi connectivity index (χ4v) is 1.57. The first-order valence-corrected chi connectivity index (χ1v) is 4.93. The maximum absolute atomic E-state index is 5.82. The molecule has 0 aliphatic carbocycles. The number of hydrogen-bond donors (Lipinski definition) is 3. The first-order valence-electron chi connectivity index (χ1n) is 4.93. The first kappa shape index (κ1) is 9.52. The van der Waals surface area contributed by atoms with Crippen LogP contribution in [0.25, 0.3) is 22.7 Å². The molecule has 0 fully saturated rings. The molecule has 0 unspecified atom stereocenters. The predicted octanol–water partition coefficient (Wildman–Crippen LogP) is 0.579. The lowest BCUT2D eigenvalue weighted by atomic mass is 10.3. The van der Waals surface area contributed by atoms with Crippen molar-refractivity contribution in [1.82, 2.24) is 24.9 Å². The highest BCUT2D eigenvalue weighted by molar-refractivity contribution is 5.85. The lowest BCUT2D eigenvalue weighted by Gasteiger charge is -1.98. The van der Waals surface area contributed by atoms with Gasteiger partial charge < -0.3 is 16.5 Å². The van der Waals surface area contributed by atoms with Gasteiger partial charge >= 0.3 is 0 Å². The minimum atomic E-state index is 0.350. The van der Waals surface area contributed by atoms with Crippen molar-refractivity contribution in [2.75, 3.05) is 11.5 Å². The summed E-state index contributed by atoms with van der Waals surface area (Å²) in [5.74, 6) is 0.883. The number of anilines is 2. The van der Waals surface area contributed by atoms with Crippen LogP contribution in [0.15, 0.2) is 24.7 Å². The molecule has 0 aliphatic heterocycles. The second-order valence-electron chi connectivity index (χ2n) is 3.48. The van der Waals surface area contributed by atoms with Crippen molar-refractivity contribution in [1.29, 1.82) is 0 Å². The van der Waals surface area contributed by atoms with Gasteiger partial charge in [-0.2, -0.15) is 0 Å². The minimum Gasteiger partial charge on any atom is -0.397 e. The maximum atomic E-state index is 5.82. The average Bonchev–Trinajstić information content (AvgIpc) is 2.75. The Hall–Kier alpha value is -2.70. The standard InChI is InChI=1S/C10H9N7/c11-5-2-1-3-13-6(5)10-16-7-8(12)14-4-15-9(7)17-10/h1-4H,11H2,(H3,12,14,15,16,17). The fraction of sp³-hybridized carbons (Fsp3) is 0. The Morgan fingerprint density at radius 3 is 2.76 bits per heavy atom. The third-order valence-corrected chi connectivity index (χ3v) is 2.38. The highest BCUT2D eigenvalue weighted by atomic mass is 15.1. The van der Waals surface area contributed by atoms with Crippen molar-refractivity contribution >= 4 is 22.7 Å². The topological polar surface area (TPSA) is 119 Å². The van der Waals surface area contributed by atoms with Crippen LogP contribution in [0.4, 0.5) is 11.5 Å². The average molecular weight is 227 g/mol. The highest BCUT2D eigenvalue weighted by Gasteiger charge is 2.11. The van der Waals surface area contributed by atoms with E-state index in [2.05, 4.69) is 24.9 Å². The number of nitrogens with zero attached hydrogens (tertiary/aromatic N) is 4. The van der Waals surface area contributed by atoms with Gasteiger partial charge in [0.1, 0.15) is 17.5 Å². The van der Waals surface area contributed by atoms with Gasteiger partial charge in [-0.25, -0.2) is 15.0 Å². The zero-order chi connectivity index (χ0) is 11.8. The Morgan fingerprint density at radius 1 is 1.12 bits per heavy atom. The van der Waals surface area contributed by atoms with Crippen LogP contribution in [0.5, 0.6) is 0 Å². The summed E-state index contributed by atoms with van der Waals surface area (Å²) in [4.78, 5) is 19.4. The van der Waals surface area contributed by atoms with Crippen LogP contribution in [0.1, 0.15) is 0 Å². The molecule has 0 aromatic carbocycles. The van der Waals surface area contributed by atoms with E-state index in [1.807, 2.05) is 0 Å². The molecule has 0 spiro atoms. The van der Waals surface area contributed by atoms with Gasteiger partial charge in [-0.1, -0.05) is 0 Å². The van der Waals surface area contributed by atoms with E-state index in [0.29, 0.717) is 34.2 Å². The van der Waals surface area contributed by atoms with Gasteiger partial charge in [-0.15, -0.1) is 0 Å². The van der Waals surface area contributed by atoms with E-state index in [0.717, 1.165) is 0 Å². The molecule has 84 valence electrons. The van der Waals surface area contributed by atoms with Gasteiger partial charge in [0.05, 0.1) is 5.69 Å². The van der Waals surface area contributed by atoms with Crippen molar-refractivity contribution < 1.29 is 0 Å². The summed E-state index contributed by atoms with van der Waals surface area (Å²) in [5, 5.41) is 0. The van der Waals surface area contributed by atoms with Crippen molar-refractivity contribution in [3.63, 3.8) is 0 Å². The second kappa shape index (κ2) is 3.41. The number of rotatable bonds is 1. The van der Waals surface area contributed by atoms with Gasteiger partial charge in [-0.3, -0.25) is 4.98 Å². The molecule has 0 amide bonds. The molecule has 17 heavy (non-hydrogen) atoms. The van der Waals surface area contributed by atoms with Crippen LogP contribution >= 0.6 is 0 Å². The number of nitrogens with two attached hydrogens (primary N) is 2. The molecule has 3 aromatic rings. The summed E-state index contributed by atoms with van der Waals surface area (Å²) in [7, 11) is 0. The predicted molar refractivity (Wildman–Crippen MR) is 63.7 cm³/mol. The van der Waals surface area contributed by atoms with Crippen LogP contribution < -0.4 is 11.5 Å². The van der Waals surface area contributed by atoms with Gasteiger partial charge in [0.25, 0.3) is 0 Å². The Labute approximate surface area is 95.9 Å². The summed E-state index contributed by atoms with van der Waals surface area (Å²) in [6, 6.07) is 3.51. The third kappa shape index (κ3) is 1.44. The molecule has 7 nitrogen and oxygen atoms in total. The number of nitrogens with one attached hydrogen (secondary N) is 1. The number of nitrogen functional groups attached to an aromatic ring is 2. The summed E-state index contributed by atoms with van der Waals surface area (Å²) >= 11 is 0. The van der Waals surface area contributed by atoms with E-state index in [1.54, 1.807) is 18.3 Å². The summed E-state index contributed by atoms with van der Waals surface area (Å²) in [6.07, 6.45) is 3.01. The molecule has 0 radical (unpaired) electrons. The molecule has 0 saturated heterocycles. The van der Waals surface area contributed by atoms with Gasteiger partial charge in [-0.05, 0) is 12.1 Å². The number of aromatic amines is 1. The van der Waals surface area contributed by atoms with E-state index >= 15 is 0 Å². The van der Waals surface area contributed by atoms with E-state index in [9.17, 15) is 0 Å². The molecule has 7 heteroatoms. The third-order valence-electron chi connectivity index (χ3n) is 2.38. The summed E-state index contributed by atoms with van der Waals surface area (Å²) < 4.78 is 0. The first-order chi connectivity index (χ1) is 8.25. The Bertz CT molecular complexity index is 688.